The van der Waals surface area contributed by atoms with Gasteiger partial charge in [-0.15, -0.1) is 0 Å². The summed E-state index contributed by atoms with van der Waals surface area (Å²) in [6.07, 6.45) is -1.10. The van der Waals surface area contributed by atoms with Crippen molar-refractivity contribution in [3.05, 3.63) is 33.9 Å². The van der Waals surface area contributed by atoms with Gasteiger partial charge in [-0.3, -0.25) is 10.1 Å². The zero-order chi connectivity index (χ0) is 17.9. The highest BCUT2D eigenvalue weighted by Gasteiger charge is 2.51. The number of ether oxygens (including phenoxy) is 3. The summed E-state index contributed by atoms with van der Waals surface area (Å²) < 4.78 is 16.4. The largest absolute Gasteiger partial charge is 0.479 e. The van der Waals surface area contributed by atoms with Gasteiger partial charge in [0.05, 0.1) is 29.0 Å². The zero-order valence-corrected chi connectivity index (χ0v) is 14.5. The first-order chi connectivity index (χ1) is 11.4. The standard InChI is InChI=1S/C15H20N2O6S/c1-16-14(24)12-10-6-9(17(19)20)4-5-11(10)23-15(7-21-2,8-22-3)13(12)18/h4-6,12-13,18H,7-8H2,1-3H3,(H,16,24). The molecule has 0 aromatic heterocycles. The molecule has 0 spiro atoms. The maximum atomic E-state index is 11.1. The van der Waals surface area contributed by atoms with Crippen molar-refractivity contribution in [1.82, 2.24) is 5.32 Å². The van der Waals surface area contributed by atoms with Gasteiger partial charge in [-0.05, 0) is 6.07 Å². The average molecular weight is 356 g/mol. The Labute approximate surface area is 144 Å². The van der Waals surface area contributed by atoms with E-state index >= 15 is 0 Å². The molecule has 0 radical (unpaired) electrons. The third kappa shape index (κ3) is 3.20. The summed E-state index contributed by atoms with van der Waals surface area (Å²) in [5.41, 5.74) is -0.809. The molecule has 2 rings (SSSR count). The summed E-state index contributed by atoms with van der Waals surface area (Å²) in [4.78, 5) is 10.9. The minimum absolute atomic E-state index is 0.0707. The van der Waals surface area contributed by atoms with E-state index in [1.54, 1.807) is 7.05 Å². The van der Waals surface area contributed by atoms with Gasteiger partial charge in [0.2, 0.25) is 0 Å². The summed E-state index contributed by atoms with van der Waals surface area (Å²) in [7, 11) is 4.62. The Morgan fingerprint density at radius 1 is 1.46 bits per heavy atom. The number of fused-ring (bicyclic) bond motifs is 1. The number of thiocarbonyl (C=S) groups is 1. The monoisotopic (exact) mass is 356 g/mol. The molecule has 1 aliphatic rings. The molecule has 0 fully saturated rings. The van der Waals surface area contributed by atoms with Crippen LogP contribution in [-0.2, 0) is 9.47 Å². The summed E-state index contributed by atoms with van der Waals surface area (Å²) in [5.74, 6) is -0.276. The molecule has 132 valence electrons. The Balaban J connectivity index is 2.60. The molecule has 8 nitrogen and oxygen atoms in total. The second-order valence-electron chi connectivity index (χ2n) is 5.55. The van der Waals surface area contributed by atoms with Gasteiger partial charge in [0.25, 0.3) is 5.69 Å². The van der Waals surface area contributed by atoms with Crippen molar-refractivity contribution in [3.8, 4) is 5.75 Å². The van der Waals surface area contributed by atoms with Crippen LogP contribution in [0.4, 0.5) is 5.69 Å². The molecule has 1 aromatic rings. The predicted molar refractivity (Wildman–Crippen MR) is 90.6 cm³/mol. The van der Waals surface area contributed by atoms with Crippen molar-refractivity contribution in [3.63, 3.8) is 0 Å². The lowest BCUT2D eigenvalue weighted by atomic mass is 9.79. The van der Waals surface area contributed by atoms with E-state index in [0.29, 0.717) is 16.3 Å². The molecule has 0 amide bonds. The Morgan fingerprint density at radius 3 is 2.58 bits per heavy atom. The van der Waals surface area contributed by atoms with E-state index in [9.17, 15) is 15.2 Å². The highest BCUT2D eigenvalue weighted by Crippen LogP contribution is 2.43. The topological polar surface area (TPSA) is 103 Å². The molecule has 2 unspecified atom stereocenters. The minimum Gasteiger partial charge on any atom is -0.479 e. The number of aliphatic hydroxyl groups is 1. The van der Waals surface area contributed by atoms with E-state index in [-0.39, 0.29) is 18.9 Å². The summed E-state index contributed by atoms with van der Waals surface area (Å²) >= 11 is 5.33. The fraction of sp³-hybridized carbons (Fsp3) is 0.533. The van der Waals surface area contributed by atoms with Crippen LogP contribution in [-0.4, -0.2) is 61.2 Å². The molecule has 0 bridgehead atoms. The third-order valence-corrected chi connectivity index (χ3v) is 4.47. The molecule has 24 heavy (non-hydrogen) atoms. The molecule has 2 atom stereocenters. The van der Waals surface area contributed by atoms with Gasteiger partial charge in [-0.25, -0.2) is 0 Å². The van der Waals surface area contributed by atoms with Crippen molar-refractivity contribution in [1.29, 1.82) is 0 Å². The van der Waals surface area contributed by atoms with Crippen LogP contribution in [0.5, 0.6) is 5.75 Å². The maximum Gasteiger partial charge on any atom is 0.269 e. The van der Waals surface area contributed by atoms with Crippen LogP contribution in [0.1, 0.15) is 11.5 Å². The number of non-ortho nitro benzene ring substituents is 1. The van der Waals surface area contributed by atoms with Gasteiger partial charge < -0.3 is 24.6 Å². The van der Waals surface area contributed by atoms with Crippen LogP contribution in [0.25, 0.3) is 0 Å². The lowest BCUT2D eigenvalue weighted by Crippen LogP contribution is -2.61. The van der Waals surface area contributed by atoms with Crippen molar-refractivity contribution in [2.24, 2.45) is 0 Å². The molecule has 1 aromatic carbocycles. The van der Waals surface area contributed by atoms with Crippen LogP contribution >= 0.6 is 12.2 Å². The van der Waals surface area contributed by atoms with Crippen LogP contribution in [0, 0.1) is 10.1 Å². The molecule has 9 heteroatoms. The fourth-order valence-electron chi connectivity index (χ4n) is 2.94. The molecular formula is C15H20N2O6S. The molecule has 2 N–H and O–H groups in total. The number of benzene rings is 1. The zero-order valence-electron chi connectivity index (χ0n) is 13.6. The van der Waals surface area contributed by atoms with Crippen LogP contribution in [0.2, 0.25) is 0 Å². The van der Waals surface area contributed by atoms with E-state index in [1.807, 2.05) is 0 Å². The second-order valence-corrected chi connectivity index (χ2v) is 5.99. The molecule has 0 saturated carbocycles. The predicted octanol–water partition coefficient (Wildman–Crippen LogP) is 1.01. The number of rotatable bonds is 6. The van der Waals surface area contributed by atoms with Crippen LogP contribution < -0.4 is 10.1 Å². The van der Waals surface area contributed by atoms with Gasteiger partial charge >= 0.3 is 0 Å². The van der Waals surface area contributed by atoms with Crippen molar-refractivity contribution in [2.45, 2.75) is 17.6 Å². The van der Waals surface area contributed by atoms with Crippen LogP contribution in [0.15, 0.2) is 18.2 Å². The molecule has 0 aliphatic carbocycles. The lowest BCUT2D eigenvalue weighted by Gasteiger charge is -2.45. The molecular weight excluding hydrogens is 336 g/mol. The first-order valence-corrected chi connectivity index (χ1v) is 7.66. The van der Waals surface area contributed by atoms with E-state index in [0.717, 1.165) is 0 Å². The van der Waals surface area contributed by atoms with E-state index in [4.69, 9.17) is 26.4 Å². The maximum absolute atomic E-state index is 11.1. The average Bonchev–Trinajstić information content (AvgIpc) is 2.55. The lowest BCUT2D eigenvalue weighted by molar-refractivity contribution is -0.385. The molecule has 0 saturated heterocycles. The smallest absolute Gasteiger partial charge is 0.269 e. The summed E-state index contributed by atoms with van der Waals surface area (Å²) in [5, 5.41) is 24.8. The molecule has 1 heterocycles. The summed E-state index contributed by atoms with van der Waals surface area (Å²) in [6.45, 7) is 0.141. The number of hydrogen-bond donors (Lipinski definition) is 2. The van der Waals surface area contributed by atoms with Gasteiger partial charge in [0.15, 0.2) is 5.60 Å². The number of nitrogens with zero attached hydrogens (tertiary/aromatic N) is 1. The number of nitro groups is 1. The third-order valence-electron chi connectivity index (χ3n) is 4.01. The highest BCUT2D eigenvalue weighted by molar-refractivity contribution is 7.80. The van der Waals surface area contributed by atoms with E-state index < -0.39 is 22.5 Å². The number of nitrogens with one attached hydrogen (secondary N) is 1. The Kier molecular flexibility index (Phi) is 5.70. The van der Waals surface area contributed by atoms with Gasteiger partial charge in [0, 0.05) is 39.0 Å². The Morgan fingerprint density at radius 2 is 2.08 bits per heavy atom. The quantitative estimate of drug-likeness (QED) is 0.442. The number of methoxy groups -OCH3 is 2. The minimum atomic E-state index is -1.17. The number of likely N-dealkylation sites (N-methyl/N-ethyl adjacent to an activating group) is 1. The Hall–Kier alpha value is -1.81. The van der Waals surface area contributed by atoms with Crippen molar-refractivity contribution >= 4 is 22.9 Å². The van der Waals surface area contributed by atoms with E-state index in [1.165, 1.54) is 32.4 Å². The summed E-state index contributed by atoms with van der Waals surface area (Å²) in [6, 6.07) is 4.22. The van der Waals surface area contributed by atoms with Crippen molar-refractivity contribution in [2.75, 3.05) is 34.5 Å². The van der Waals surface area contributed by atoms with Gasteiger partial charge in [0.1, 0.15) is 11.9 Å². The van der Waals surface area contributed by atoms with Gasteiger partial charge in [-0.1, -0.05) is 12.2 Å². The van der Waals surface area contributed by atoms with Gasteiger partial charge in [-0.2, -0.15) is 0 Å². The highest BCUT2D eigenvalue weighted by atomic mass is 32.1. The van der Waals surface area contributed by atoms with Crippen LogP contribution in [0.3, 0.4) is 0 Å². The van der Waals surface area contributed by atoms with Crippen molar-refractivity contribution < 1.29 is 24.2 Å². The number of hydrogen-bond acceptors (Lipinski definition) is 7. The molecule has 1 aliphatic heterocycles. The SMILES string of the molecule is CNC(=S)C1c2cc([N+](=O)[O-])ccc2OC(COC)(COC)C1O. The second kappa shape index (κ2) is 7.39. The normalized spacial score (nSPS) is 21.5. The first kappa shape index (κ1) is 18.5. The Bertz CT molecular complexity index is 632. The number of aliphatic hydroxyl groups excluding tert-OH is 1. The first-order valence-electron chi connectivity index (χ1n) is 7.25. The fourth-order valence-corrected chi connectivity index (χ4v) is 3.19. The number of nitro benzene ring substituents is 1. The van der Waals surface area contributed by atoms with E-state index in [2.05, 4.69) is 5.32 Å².